The second-order valence-electron chi connectivity index (χ2n) is 8.52. The number of aromatic nitrogens is 2. The number of hydrogen-bond donors (Lipinski definition) is 1. The maximum absolute atomic E-state index is 6.69. The highest BCUT2D eigenvalue weighted by atomic mass is 32.2. The Morgan fingerprint density at radius 1 is 1.04 bits per heavy atom. The predicted octanol–water partition coefficient (Wildman–Crippen LogP) is 4.88. The topological polar surface area (TPSA) is 51.8 Å². The summed E-state index contributed by atoms with van der Waals surface area (Å²) < 4.78 is 0. The van der Waals surface area contributed by atoms with Gasteiger partial charge >= 0.3 is 0 Å². The predicted molar refractivity (Wildman–Crippen MR) is 106 cm³/mol. The molecule has 0 saturated heterocycles. The van der Waals surface area contributed by atoms with Crippen LogP contribution in [-0.4, -0.2) is 15.7 Å². The molecule has 26 heavy (non-hydrogen) atoms. The van der Waals surface area contributed by atoms with E-state index in [9.17, 15) is 0 Å². The van der Waals surface area contributed by atoms with E-state index in [1.54, 1.807) is 0 Å². The van der Waals surface area contributed by atoms with Crippen LogP contribution in [0.5, 0.6) is 0 Å². The van der Waals surface area contributed by atoms with Crippen LogP contribution in [-0.2, 0) is 6.42 Å². The number of rotatable bonds is 4. The number of benzene rings is 1. The Labute approximate surface area is 160 Å². The van der Waals surface area contributed by atoms with Gasteiger partial charge in [-0.25, -0.2) is 9.97 Å². The number of thioether (sulfide) groups is 1. The maximum atomic E-state index is 6.69. The normalized spacial score (nSPS) is 30.5. The monoisotopic (exact) mass is 365 g/mol. The minimum Gasteiger partial charge on any atom is -0.323 e. The van der Waals surface area contributed by atoms with Crippen molar-refractivity contribution in [2.75, 3.05) is 5.75 Å². The molecule has 2 N–H and O–H groups in total. The highest BCUT2D eigenvalue weighted by Crippen LogP contribution is 2.54. The van der Waals surface area contributed by atoms with Gasteiger partial charge in [0.1, 0.15) is 5.82 Å². The van der Waals surface area contributed by atoms with E-state index >= 15 is 0 Å². The molecule has 1 aromatic carbocycles. The van der Waals surface area contributed by atoms with Gasteiger partial charge in [-0.1, -0.05) is 24.3 Å². The zero-order valence-electron chi connectivity index (χ0n) is 15.2. The van der Waals surface area contributed by atoms with Gasteiger partial charge in [-0.15, -0.1) is 11.8 Å². The molecule has 0 radical (unpaired) electrons. The third-order valence-electron chi connectivity index (χ3n) is 6.77. The second kappa shape index (κ2) is 6.65. The first kappa shape index (κ1) is 16.8. The van der Waals surface area contributed by atoms with Gasteiger partial charge in [0.2, 0.25) is 0 Å². The molecule has 1 heterocycles. The molecule has 2 saturated carbocycles. The van der Waals surface area contributed by atoms with Crippen LogP contribution in [0.2, 0.25) is 0 Å². The maximum Gasteiger partial charge on any atom is 0.131 e. The number of nitrogens with zero attached hydrogens (tertiary/aromatic N) is 2. The first-order valence-electron chi connectivity index (χ1n) is 10.0. The highest BCUT2D eigenvalue weighted by Gasteiger charge is 2.46. The summed E-state index contributed by atoms with van der Waals surface area (Å²) >= 11 is 1.91. The first-order chi connectivity index (χ1) is 12.7. The van der Waals surface area contributed by atoms with Crippen molar-refractivity contribution in [3.8, 4) is 0 Å². The zero-order valence-corrected chi connectivity index (χ0v) is 16.0. The standard InChI is InChI=1S/C22H27N3S/c23-20-19-4-2-1-3-17(19)11-22(20)9-7-16(8-10-22)21-24-12-18(13-25-21)26-14-15-5-6-15/h1-4,12-13,15-16,20H,5-11,14,23H2/t16?,20-,22?/m0/s1. The molecule has 5 rings (SSSR count). The average Bonchev–Trinajstić information content (AvgIpc) is 3.48. The fraction of sp³-hybridized carbons (Fsp3) is 0.545. The summed E-state index contributed by atoms with van der Waals surface area (Å²) in [6.45, 7) is 0. The fourth-order valence-electron chi connectivity index (χ4n) is 4.87. The van der Waals surface area contributed by atoms with Crippen LogP contribution in [0.4, 0.5) is 0 Å². The molecular formula is C22H27N3S. The minimum atomic E-state index is 0.196. The number of fused-ring (bicyclic) bond motifs is 1. The van der Waals surface area contributed by atoms with Crippen molar-refractivity contribution >= 4 is 11.8 Å². The molecule has 4 heteroatoms. The van der Waals surface area contributed by atoms with Crippen molar-refractivity contribution in [2.24, 2.45) is 17.1 Å². The lowest BCUT2D eigenvalue weighted by Gasteiger charge is -2.40. The van der Waals surface area contributed by atoms with Crippen LogP contribution in [0.15, 0.2) is 41.6 Å². The molecule has 0 amide bonds. The summed E-state index contributed by atoms with van der Waals surface area (Å²) in [5, 5.41) is 0. The summed E-state index contributed by atoms with van der Waals surface area (Å²) in [7, 11) is 0. The van der Waals surface area contributed by atoms with Gasteiger partial charge in [0.05, 0.1) is 0 Å². The van der Waals surface area contributed by atoms with Crippen molar-refractivity contribution in [3.05, 3.63) is 53.6 Å². The largest absolute Gasteiger partial charge is 0.323 e. The third-order valence-corrected chi connectivity index (χ3v) is 7.95. The molecule has 2 fully saturated rings. The molecule has 1 aromatic heterocycles. The summed E-state index contributed by atoms with van der Waals surface area (Å²) in [6.07, 6.45) is 12.7. The van der Waals surface area contributed by atoms with Gasteiger partial charge in [0.25, 0.3) is 0 Å². The lowest BCUT2D eigenvalue weighted by Crippen LogP contribution is -2.35. The van der Waals surface area contributed by atoms with E-state index in [1.165, 1.54) is 47.5 Å². The van der Waals surface area contributed by atoms with E-state index in [0.717, 1.165) is 31.0 Å². The Hall–Kier alpha value is -1.39. The average molecular weight is 366 g/mol. The van der Waals surface area contributed by atoms with Gasteiger partial charge in [-0.3, -0.25) is 0 Å². The number of nitrogens with two attached hydrogens (primary N) is 1. The SMILES string of the molecule is N[C@H]1c2ccccc2CC12CCC(c1ncc(SCC3CC3)cn1)CC2. The second-order valence-corrected chi connectivity index (χ2v) is 9.61. The Morgan fingerprint density at radius 2 is 1.77 bits per heavy atom. The highest BCUT2D eigenvalue weighted by molar-refractivity contribution is 7.99. The van der Waals surface area contributed by atoms with Crippen molar-refractivity contribution < 1.29 is 0 Å². The Kier molecular flexibility index (Phi) is 4.29. The van der Waals surface area contributed by atoms with Crippen LogP contribution < -0.4 is 5.73 Å². The Bertz CT molecular complexity index is 776. The van der Waals surface area contributed by atoms with E-state index in [0.29, 0.717) is 5.92 Å². The molecule has 3 nitrogen and oxygen atoms in total. The van der Waals surface area contributed by atoms with E-state index < -0.39 is 0 Å². The van der Waals surface area contributed by atoms with Gasteiger partial charge in [0.15, 0.2) is 0 Å². The first-order valence-corrected chi connectivity index (χ1v) is 11.0. The van der Waals surface area contributed by atoms with Crippen molar-refractivity contribution in [2.45, 2.75) is 61.8 Å². The molecule has 136 valence electrons. The minimum absolute atomic E-state index is 0.196. The molecule has 1 spiro atoms. The van der Waals surface area contributed by atoms with Crippen LogP contribution in [0.3, 0.4) is 0 Å². The van der Waals surface area contributed by atoms with Gasteiger partial charge in [-0.05, 0) is 67.4 Å². The molecule has 0 unspecified atom stereocenters. The fourth-order valence-corrected chi connectivity index (χ4v) is 5.88. The van der Waals surface area contributed by atoms with Crippen molar-refractivity contribution in [1.82, 2.24) is 9.97 Å². The lowest BCUT2D eigenvalue weighted by atomic mass is 9.66. The Morgan fingerprint density at radius 3 is 2.46 bits per heavy atom. The van der Waals surface area contributed by atoms with Gasteiger partial charge in [-0.2, -0.15) is 0 Å². The van der Waals surface area contributed by atoms with E-state index in [4.69, 9.17) is 15.7 Å². The molecule has 3 aliphatic rings. The van der Waals surface area contributed by atoms with Crippen LogP contribution in [0.25, 0.3) is 0 Å². The molecule has 1 atom stereocenters. The molecule has 2 aromatic rings. The summed E-state index contributed by atoms with van der Waals surface area (Å²) in [4.78, 5) is 10.6. The van der Waals surface area contributed by atoms with Gasteiger partial charge in [0, 0.05) is 35.0 Å². The summed E-state index contributed by atoms with van der Waals surface area (Å²) in [6, 6.07) is 8.95. The summed E-state index contributed by atoms with van der Waals surface area (Å²) in [5.74, 6) is 3.71. The summed E-state index contributed by atoms with van der Waals surface area (Å²) in [5.41, 5.74) is 9.79. The van der Waals surface area contributed by atoms with E-state index in [2.05, 4.69) is 24.3 Å². The lowest BCUT2D eigenvalue weighted by molar-refractivity contribution is 0.147. The van der Waals surface area contributed by atoms with Gasteiger partial charge < -0.3 is 5.73 Å². The van der Waals surface area contributed by atoms with Crippen LogP contribution in [0, 0.1) is 11.3 Å². The molecular weight excluding hydrogens is 338 g/mol. The van der Waals surface area contributed by atoms with Crippen molar-refractivity contribution in [3.63, 3.8) is 0 Å². The van der Waals surface area contributed by atoms with Crippen molar-refractivity contribution in [1.29, 1.82) is 0 Å². The van der Waals surface area contributed by atoms with Crippen LogP contribution >= 0.6 is 11.8 Å². The van der Waals surface area contributed by atoms with Crippen LogP contribution in [0.1, 0.15) is 67.4 Å². The molecule has 0 bridgehead atoms. The Balaban J connectivity index is 1.23. The van der Waals surface area contributed by atoms with E-state index in [1.807, 2.05) is 24.2 Å². The zero-order chi connectivity index (χ0) is 17.6. The number of hydrogen-bond acceptors (Lipinski definition) is 4. The third kappa shape index (κ3) is 3.07. The quantitative estimate of drug-likeness (QED) is 0.785. The molecule has 0 aliphatic heterocycles. The van der Waals surface area contributed by atoms with E-state index in [-0.39, 0.29) is 11.5 Å². The molecule has 3 aliphatic carbocycles. The smallest absolute Gasteiger partial charge is 0.131 e.